The van der Waals surface area contributed by atoms with Gasteiger partial charge in [-0.15, -0.1) is 0 Å². The van der Waals surface area contributed by atoms with Crippen LogP contribution in [0.25, 0.3) is 0 Å². The summed E-state index contributed by atoms with van der Waals surface area (Å²) in [5, 5.41) is 25.9. The van der Waals surface area contributed by atoms with Crippen molar-refractivity contribution in [2.45, 2.75) is 71.7 Å². The van der Waals surface area contributed by atoms with Gasteiger partial charge in [0.25, 0.3) is 0 Å². The van der Waals surface area contributed by atoms with Crippen molar-refractivity contribution in [3.05, 3.63) is 0 Å². The molecule has 162 valence electrons. The molecule has 5 unspecified atom stereocenters. The second-order valence-electron chi connectivity index (χ2n) is 7.44. The number of aliphatic carboxylic acids is 1. The number of carbonyl (C=O) groups is 4. The van der Waals surface area contributed by atoms with Gasteiger partial charge in [-0.05, 0) is 25.2 Å². The number of rotatable bonds is 12. The molecule has 0 radical (unpaired) electrons. The van der Waals surface area contributed by atoms with Crippen LogP contribution in [-0.4, -0.2) is 64.7 Å². The van der Waals surface area contributed by atoms with Crippen molar-refractivity contribution in [2.75, 3.05) is 6.54 Å². The minimum atomic E-state index is -1.17. The van der Waals surface area contributed by atoms with E-state index in [0.717, 1.165) is 0 Å². The first kappa shape index (κ1) is 25.8. The molecule has 0 spiro atoms. The highest BCUT2D eigenvalue weighted by atomic mass is 16.4. The summed E-state index contributed by atoms with van der Waals surface area (Å²) in [5.41, 5.74) is 5.47. The zero-order valence-electron chi connectivity index (χ0n) is 17.2. The maximum atomic E-state index is 12.6. The summed E-state index contributed by atoms with van der Waals surface area (Å²) < 4.78 is 0. The standard InChI is InChI=1S/C18H34N4O6/c1-6-10(4)15(18(27)28)22-16(25)12(7-9(2)3)21-13(24)8-20-17(26)14(19)11(5)23/h9-12,14-15,23H,6-8,19H2,1-5H3,(H,20,26)(H,21,24)(H,22,25)(H,27,28). The second-order valence-corrected chi connectivity index (χ2v) is 7.44. The van der Waals surface area contributed by atoms with Gasteiger partial charge >= 0.3 is 5.97 Å². The van der Waals surface area contributed by atoms with E-state index in [1.807, 2.05) is 20.8 Å². The van der Waals surface area contributed by atoms with Gasteiger partial charge in [0.2, 0.25) is 17.7 Å². The van der Waals surface area contributed by atoms with Crippen LogP contribution in [0.1, 0.15) is 47.5 Å². The Bertz CT molecular complexity index is 552. The number of hydrogen-bond donors (Lipinski definition) is 6. The minimum Gasteiger partial charge on any atom is -0.480 e. The third kappa shape index (κ3) is 9.14. The number of nitrogens with two attached hydrogens (primary N) is 1. The van der Waals surface area contributed by atoms with Crippen LogP contribution in [0.5, 0.6) is 0 Å². The van der Waals surface area contributed by atoms with Gasteiger partial charge in [0.1, 0.15) is 18.1 Å². The first-order valence-electron chi connectivity index (χ1n) is 9.44. The summed E-state index contributed by atoms with van der Waals surface area (Å²) in [6.07, 6.45) is -0.212. The number of carbonyl (C=O) groups excluding carboxylic acids is 3. The molecule has 28 heavy (non-hydrogen) atoms. The maximum absolute atomic E-state index is 12.6. The minimum absolute atomic E-state index is 0.0566. The Morgan fingerprint density at radius 1 is 1.00 bits per heavy atom. The molecule has 5 atom stereocenters. The normalized spacial score (nSPS) is 16.4. The number of carboxylic acid groups (broad SMARTS) is 1. The van der Waals surface area contributed by atoms with Crippen molar-refractivity contribution in [3.63, 3.8) is 0 Å². The van der Waals surface area contributed by atoms with Gasteiger partial charge in [0.05, 0.1) is 12.6 Å². The largest absolute Gasteiger partial charge is 0.480 e. The predicted molar refractivity (Wildman–Crippen MR) is 103 cm³/mol. The quantitative estimate of drug-likeness (QED) is 0.242. The summed E-state index contributed by atoms with van der Waals surface area (Å²) >= 11 is 0. The van der Waals surface area contributed by atoms with E-state index in [1.165, 1.54) is 6.92 Å². The lowest BCUT2D eigenvalue weighted by atomic mass is 9.97. The van der Waals surface area contributed by atoms with Crippen molar-refractivity contribution in [1.82, 2.24) is 16.0 Å². The molecule has 0 aromatic heterocycles. The topological polar surface area (TPSA) is 171 Å². The molecule has 7 N–H and O–H groups in total. The third-order valence-corrected chi connectivity index (χ3v) is 4.38. The van der Waals surface area contributed by atoms with Gasteiger partial charge in [-0.25, -0.2) is 4.79 Å². The lowest BCUT2D eigenvalue weighted by Crippen LogP contribution is -2.55. The number of amides is 3. The molecule has 0 aromatic rings. The predicted octanol–water partition coefficient (Wildman–Crippen LogP) is -1.04. The molecule has 0 aliphatic heterocycles. The van der Waals surface area contributed by atoms with Crippen LogP contribution < -0.4 is 21.7 Å². The fourth-order valence-electron chi connectivity index (χ4n) is 2.39. The van der Waals surface area contributed by atoms with Gasteiger partial charge < -0.3 is 31.9 Å². The summed E-state index contributed by atoms with van der Waals surface area (Å²) in [6, 6.07) is -3.18. The molecule has 0 heterocycles. The SMILES string of the molecule is CCC(C)C(NC(=O)C(CC(C)C)NC(=O)CNC(=O)C(N)C(C)O)C(=O)O. The van der Waals surface area contributed by atoms with E-state index < -0.39 is 54.5 Å². The number of aliphatic hydroxyl groups is 1. The number of hydrogen-bond acceptors (Lipinski definition) is 6. The van der Waals surface area contributed by atoms with Gasteiger partial charge in [0.15, 0.2) is 0 Å². The molecule has 0 saturated carbocycles. The average molecular weight is 402 g/mol. The van der Waals surface area contributed by atoms with Gasteiger partial charge in [-0.2, -0.15) is 0 Å². The first-order valence-corrected chi connectivity index (χ1v) is 9.44. The fourth-order valence-corrected chi connectivity index (χ4v) is 2.39. The van der Waals surface area contributed by atoms with Crippen molar-refractivity contribution in [3.8, 4) is 0 Å². The summed E-state index contributed by atoms with van der Waals surface area (Å²) in [7, 11) is 0. The van der Waals surface area contributed by atoms with Crippen LogP contribution in [0.2, 0.25) is 0 Å². The van der Waals surface area contributed by atoms with E-state index in [4.69, 9.17) is 5.73 Å². The van der Waals surface area contributed by atoms with Crippen LogP contribution in [0.15, 0.2) is 0 Å². The van der Waals surface area contributed by atoms with E-state index in [2.05, 4.69) is 16.0 Å². The van der Waals surface area contributed by atoms with Crippen LogP contribution >= 0.6 is 0 Å². The van der Waals surface area contributed by atoms with Crippen molar-refractivity contribution < 1.29 is 29.4 Å². The van der Waals surface area contributed by atoms with Gasteiger partial charge in [-0.3, -0.25) is 14.4 Å². The molecule has 0 fully saturated rings. The number of aliphatic hydroxyl groups excluding tert-OH is 1. The average Bonchev–Trinajstić information content (AvgIpc) is 2.61. The van der Waals surface area contributed by atoms with Crippen LogP contribution in [0.3, 0.4) is 0 Å². The van der Waals surface area contributed by atoms with Gasteiger partial charge in [0, 0.05) is 0 Å². The highest BCUT2D eigenvalue weighted by Gasteiger charge is 2.30. The van der Waals surface area contributed by atoms with Gasteiger partial charge in [-0.1, -0.05) is 34.1 Å². The second kappa shape index (κ2) is 12.3. The highest BCUT2D eigenvalue weighted by molar-refractivity contribution is 5.92. The lowest BCUT2D eigenvalue weighted by Gasteiger charge is -2.25. The molecular formula is C18H34N4O6. The van der Waals surface area contributed by atoms with E-state index in [-0.39, 0.29) is 11.8 Å². The Morgan fingerprint density at radius 3 is 2.00 bits per heavy atom. The molecule has 0 aliphatic rings. The molecule has 0 aliphatic carbocycles. The molecule has 10 nitrogen and oxygen atoms in total. The van der Waals surface area contributed by atoms with Crippen molar-refractivity contribution >= 4 is 23.7 Å². The first-order chi connectivity index (χ1) is 12.9. The molecule has 3 amide bonds. The maximum Gasteiger partial charge on any atom is 0.326 e. The Labute approximate surface area is 165 Å². The molecule has 0 aromatic carbocycles. The third-order valence-electron chi connectivity index (χ3n) is 4.38. The number of nitrogens with one attached hydrogen (secondary N) is 3. The Hall–Kier alpha value is -2.20. The molecular weight excluding hydrogens is 368 g/mol. The van der Waals surface area contributed by atoms with Crippen molar-refractivity contribution in [2.24, 2.45) is 17.6 Å². The Balaban J connectivity index is 4.97. The Kier molecular flexibility index (Phi) is 11.3. The fraction of sp³-hybridized carbons (Fsp3) is 0.778. The van der Waals surface area contributed by atoms with Crippen LogP contribution in [0, 0.1) is 11.8 Å². The lowest BCUT2D eigenvalue weighted by molar-refractivity contribution is -0.143. The summed E-state index contributed by atoms with van der Waals surface area (Å²) in [6.45, 7) is 8.19. The molecule has 0 bridgehead atoms. The van der Waals surface area contributed by atoms with E-state index >= 15 is 0 Å². The summed E-state index contributed by atoms with van der Waals surface area (Å²) in [4.78, 5) is 47.8. The van der Waals surface area contributed by atoms with E-state index in [9.17, 15) is 29.4 Å². The number of carboxylic acids is 1. The monoisotopic (exact) mass is 402 g/mol. The zero-order valence-corrected chi connectivity index (χ0v) is 17.2. The molecule has 0 rings (SSSR count). The Morgan fingerprint density at radius 2 is 1.57 bits per heavy atom. The highest BCUT2D eigenvalue weighted by Crippen LogP contribution is 2.10. The smallest absolute Gasteiger partial charge is 0.326 e. The van der Waals surface area contributed by atoms with Crippen molar-refractivity contribution in [1.29, 1.82) is 0 Å². The van der Waals surface area contributed by atoms with E-state index in [0.29, 0.717) is 12.8 Å². The van der Waals surface area contributed by atoms with Crippen LogP contribution in [-0.2, 0) is 19.2 Å². The molecule has 0 saturated heterocycles. The summed E-state index contributed by atoms with van der Waals surface area (Å²) in [5.74, 6) is -3.28. The van der Waals surface area contributed by atoms with Crippen LogP contribution in [0.4, 0.5) is 0 Å². The van der Waals surface area contributed by atoms with E-state index in [1.54, 1.807) is 6.92 Å². The zero-order chi connectivity index (χ0) is 22.0. The molecule has 10 heteroatoms.